The second-order valence-electron chi connectivity index (χ2n) is 7.96. The SMILES string of the molecule is CC1(C)OC2Cc3c4c(cc(COC(N)=O)c3C2O1)C(=O)c1ccccc1C4=O. The van der Waals surface area contributed by atoms with Crippen LogP contribution in [0.1, 0.15) is 68.5 Å². The van der Waals surface area contributed by atoms with Crippen molar-refractivity contribution in [3.8, 4) is 0 Å². The van der Waals surface area contributed by atoms with E-state index < -0.39 is 18.0 Å². The maximum atomic E-state index is 13.3. The van der Waals surface area contributed by atoms with Crippen LogP contribution in [0.2, 0.25) is 0 Å². The summed E-state index contributed by atoms with van der Waals surface area (Å²) in [7, 11) is 0. The first-order valence-corrected chi connectivity index (χ1v) is 9.42. The van der Waals surface area contributed by atoms with Crippen LogP contribution < -0.4 is 5.73 Å². The van der Waals surface area contributed by atoms with Gasteiger partial charge in [-0.15, -0.1) is 0 Å². The zero-order valence-electron chi connectivity index (χ0n) is 16.0. The van der Waals surface area contributed by atoms with Gasteiger partial charge in [0.1, 0.15) is 12.7 Å². The molecule has 0 saturated carbocycles. The molecule has 2 unspecified atom stereocenters. The van der Waals surface area contributed by atoms with Gasteiger partial charge in [-0.1, -0.05) is 24.3 Å². The van der Waals surface area contributed by atoms with Crippen LogP contribution in [0.3, 0.4) is 0 Å². The van der Waals surface area contributed by atoms with Crippen LogP contribution in [-0.2, 0) is 27.2 Å². The highest BCUT2D eigenvalue weighted by Crippen LogP contribution is 2.50. The first kappa shape index (κ1) is 18.0. The van der Waals surface area contributed by atoms with Gasteiger partial charge in [0.2, 0.25) is 0 Å². The van der Waals surface area contributed by atoms with E-state index in [1.54, 1.807) is 30.3 Å². The molecule has 2 aromatic carbocycles. The molecule has 1 fully saturated rings. The van der Waals surface area contributed by atoms with Crippen LogP contribution in [0.4, 0.5) is 4.79 Å². The minimum Gasteiger partial charge on any atom is -0.445 e. The molecule has 0 aromatic heterocycles. The lowest BCUT2D eigenvalue weighted by Gasteiger charge is -2.25. The van der Waals surface area contributed by atoms with Crippen molar-refractivity contribution in [2.24, 2.45) is 5.73 Å². The Kier molecular flexibility index (Phi) is 3.72. The van der Waals surface area contributed by atoms with Crippen molar-refractivity contribution in [1.29, 1.82) is 0 Å². The van der Waals surface area contributed by atoms with Gasteiger partial charge in [-0.3, -0.25) is 9.59 Å². The Morgan fingerprint density at radius 1 is 1.14 bits per heavy atom. The molecule has 2 aromatic rings. The van der Waals surface area contributed by atoms with E-state index in [1.165, 1.54) is 0 Å². The predicted molar refractivity (Wildman–Crippen MR) is 101 cm³/mol. The van der Waals surface area contributed by atoms with Crippen molar-refractivity contribution in [3.05, 3.63) is 69.3 Å². The quantitative estimate of drug-likeness (QED) is 0.718. The Bertz CT molecular complexity index is 1100. The molecule has 0 spiro atoms. The molecule has 7 nitrogen and oxygen atoms in total. The number of hydrogen-bond acceptors (Lipinski definition) is 6. The van der Waals surface area contributed by atoms with Crippen LogP contribution in [-0.4, -0.2) is 29.6 Å². The number of primary amides is 1. The van der Waals surface area contributed by atoms with Gasteiger partial charge in [0.25, 0.3) is 0 Å². The first-order valence-electron chi connectivity index (χ1n) is 9.42. The molecule has 1 heterocycles. The van der Waals surface area contributed by atoms with Crippen LogP contribution in [0, 0.1) is 0 Å². The van der Waals surface area contributed by atoms with E-state index >= 15 is 0 Å². The van der Waals surface area contributed by atoms with Crippen molar-refractivity contribution in [2.75, 3.05) is 0 Å². The molecule has 7 heteroatoms. The Labute approximate surface area is 166 Å². The summed E-state index contributed by atoms with van der Waals surface area (Å²) in [4.78, 5) is 37.6. The van der Waals surface area contributed by atoms with Gasteiger partial charge in [-0.2, -0.15) is 0 Å². The second-order valence-corrected chi connectivity index (χ2v) is 7.96. The normalized spacial score (nSPS) is 23.2. The number of benzene rings is 2. The number of carbonyl (C=O) groups is 3. The maximum Gasteiger partial charge on any atom is 0.404 e. The van der Waals surface area contributed by atoms with E-state index in [0.717, 1.165) is 11.1 Å². The third kappa shape index (κ3) is 2.62. The zero-order valence-corrected chi connectivity index (χ0v) is 16.0. The van der Waals surface area contributed by atoms with Gasteiger partial charge in [-0.25, -0.2) is 4.79 Å². The van der Waals surface area contributed by atoms with E-state index in [2.05, 4.69) is 0 Å². The molecule has 0 bridgehead atoms. The number of ether oxygens (including phenoxy) is 3. The monoisotopic (exact) mass is 393 g/mol. The molecular formula is C22H19NO6. The highest BCUT2D eigenvalue weighted by atomic mass is 16.8. The molecular weight excluding hydrogens is 374 g/mol. The summed E-state index contributed by atoms with van der Waals surface area (Å²) in [5, 5.41) is 0. The van der Waals surface area contributed by atoms with Crippen LogP contribution in [0.5, 0.6) is 0 Å². The molecule has 148 valence electrons. The fourth-order valence-corrected chi connectivity index (χ4v) is 4.68. The number of carbonyl (C=O) groups excluding carboxylic acids is 3. The number of rotatable bonds is 2. The lowest BCUT2D eigenvalue weighted by molar-refractivity contribution is -0.148. The summed E-state index contributed by atoms with van der Waals surface area (Å²) in [5.74, 6) is -1.18. The average molecular weight is 393 g/mol. The van der Waals surface area contributed by atoms with Crippen molar-refractivity contribution in [2.45, 2.75) is 44.9 Å². The number of ketones is 2. The van der Waals surface area contributed by atoms with Crippen LogP contribution in [0.25, 0.3) is 0 Å². The number of fused-ring (bicyclic) bond motifs is 6. The van der Waals surface area contributed by atoms with Crippen LogP contribution >= 0.6 is 0 Å². The van der Waals surface area contributed by atoms with Gasteiger partial charge >= 0.3 is 6.09 Å². The topological polar surface area (TPSA) is 105 Å². The van der Waals surface area contributed by atoms with E-state index in [0.29, 0.717) is 34.2 Å². The zero-order chi connectivity index (χ0) is 20.5. The molecule has 1 amide bonds. The van der Waals surface area contributed by atoms with E-state index in [9.17, 15) is 14.4 Å². The Morgan fingerprint density at radius 2 is 1.83 bits per heavy atom. The fourth-order valence-electron chi connectivity index (χ4n) is 4.68. The minimum absolute atomic E-state index is 0.110. The van der Waals surface area contributed by atoms with Gasteiger partial charge < -0.3 is 19.9 Å². The number of amides is 1. The lowest BCUT2D eigenvalue weighted by atomic mass is 9.79. The Balaban J connectivity index is 1.72. The molecule has 0 radical (unpaired) electrons. The standard InChI is InChI=1S/C22H19NO6/c1-22(2)28-15-8-13-16(20(15)29-22)10(9-27-21(23)26)7-14-17(13)19(25)12-6-4-3-5-11(12)18(14)24/h3-7,15,20H,8-9H2,1-2H3,(H2,23,26). The van der Waals surface area contributed by atoms with Crippen LogP contribution in [0.15, 0.2) is 30.3 Å². The average Bonchev–Trinajstić information content (AvgIpc) is 3.15. The highest BCUT2D eigenvalue weighted by molar-refractivity contribution is 6.29. The summed E-state index contributed by atoms with van der Waals surface area (Å²) >= 11 is 0. The van der Waals surface area contributed by atoms with E-state index in [1.807, 2.05) is 13.8 Å². The van der Waals surface area contributed by atoms with Crippen molar-refractivity contribution in [3.63, 3.8) is 0 Å². The molecule has 3 aliphatic rings. The molecule has 1 aliphatic heterocycles. The van der Waals surface area contributed by atoms with E-state index in [4.69, 9.17) is 19.9 Å². The van der Waals surface area contributed by atoms with E-state index in [-0.39, 0.29) is 24.3 Å². The summed E-state index contributed by atoms with van der Waals surface area (Å²) in [6.45, 7) is 3.54. The highest BCUT2D eigenvalue weighted by Gasteiger charge is 2.50. The van der Waals surface area contributed by atoms with Gasteiger partial charge in [0.15, 0.2) is 17.4 Å². The summed E-state index contributed by atoms with van der Waals surface area (Å²) in [5.41, 5.74) is 8.71. The summed E-state index contributed by atoms with van der Waals surface area (Å²) < 4.78 is 17.1. The number of nitrogens with two attached hydrogens (primary N) is 1. The van der Waals surface area contributed by atoms with Gasteiger partial charge in [-0.05, 0) is 36.6 Å². The maximum absolute atomic E-state index is 13.3. The molecule has 1 saturated heterocycles. The van der Waals surface area contributed by atoms with Crippen molar-refractivity contribution >= 4 is 17.7 Å². The third-order valence-corrected chi connectivity index (χ3v) is 5.69. The third-order valence-electron chi connectivity index (χ3n) is 5.69. The number of hydrogen-bond donors (Lipinski definition) is 1. The minimum atomic E-state index is -0.914. The molecule has 2 aliphatic carbocycles. The second kappa shape index (κ2) is 5.98. The van der Waals surface area contributed by atoms with Crippen molar-refractivity contribution < 1.29 is 28.6 Å². The summed E-state index contributed by atoms with van der Waals surface area (Å²) in [6, 6.07) is 8.42. The Morgan fingerprint density at radius 3 is 2.52 bits per heavy atom. The molecule has 2 N–H and O–H groups in total. The fraction of sp³-hybridized carbons (Fsp3) is 0.318. The predicted octanol–water partition coefficient (Wildman–Crippen LogP) is 2.81. The largest absolute Gasteiger partial charge is 0.445 e. The van der Waals surface area contributed by atoms with Gasteiger partial charge in [0.05, 0.1) is 6.10 Å². The molecule has 5 rings (SSSR count). The smallest absolute Gasteiger partial charge is 0.404 e. The van der Waals surface area contributed by atoms with Crippen molar-refractivity contribution in [1.82, 2.24) is 0 Å². The summed E-state index contributed by atoms with van der Waals surface area (Å²) in [6.07, 6.45) is -1.16. The molecule has 29 heavy (non-hydrogen) atoms. The van der Waals surface area contributed by atoms with Gasteiger partial charge in [0, 0.05) is 28.7 Å². The lowest BCUT2D eigenvalue weighted by Crippen LogP contribution is -2.26. The first-order chi connectivity index (χ1) is 13.8. The Hall–Kier alpha value is -3.03. The molecule has 2 atom stereocenters.